The minimum absolute atomic E-state index is 0.209. The summed E-state index contributed by atoms with van der Waals surface area (Å²) in [6.45, 7) is 2.11. The second-order valence-electron chi connectivity index (χ2n) is 5.40. The van der Waals surface area contributed by atoms with Crippen LogP contribution in [-0.4, -0.2) is 26.4 Å². The van der Waals surface area contributed by atoms with E-state index in [-0.39, 0.29) is 6.10 Å². The fourth-order valence-electron chi connectivity index (χ4n) is 2.71. The monoisotopic (exact) mass is 263 g/mol. The topological polar surface area (TPSA) is 39.7 Å². The highest BCUT2D eigenvalue weighted by Crippen LogP contribution is 2.44. The van der Waals surface area contributed by atoms with Gasteiger partial charge in [-0.2, -0.15) is 0 Å². The number of nitrogens with one attached hydrogen (secondary N) is 1. The van der Waals surface area contributed by atoms with Crippen LogP contribution in [0.4, 0.5) is 0 Å². The molecule has 4 heteroatoms. The number of ether oxygens (including phenoxy) is 3. The van der Waals surface area contributed by atoms with Gasteiger partial charge in [0.25, 0.3) is 0 Å². The Hall–Kier alpha value is -1.42. The van der Waals surface area contributed by atoms with E-state index in [2.05, 4.69) is 12.2 Å². The summed E-state index contributed by atoms with van der Waals surface area (Å²) in [5, 5.41) is 3.69. The Morgan fingerprint density at radius 1 is 1.21 bits per heavy atom. The molecule has 1 saturated carbocycles. The van der Waals surface area contributed by atoms with Crippen LogP contribution in [0, 0.1) is 0 Å². The molecule has 1 N–H and O–H groups in total. The fraction of sp³-hybridized carbons (Fsp3) is 0.600. The Bertz CT molecular complexity index is 471. The van der Waals surface area contributed by atoms with Crippen molar-refractivity contribution in [3.63, 3.8) is 0 Å². The highest BCUT2D eigenvalue weighted by Gasteiger charge is 2.33. The van der Waals surface area contributed by atoms with E-state index in [1.807, 2.05) is 12.1 Å². The van der Waals surface area contributed by atoms with Gasteiger partial charge in [0.05, 0.1) is 25.9 Å². The van der Waals surface area contributed by atoms with Crippen LogP contribution >= 0.6 is 0 Å². The number of methoxy groups -OCH3 is 2. The van der Waals surface area contributed by atoms with Crippen molar-refractivity contribution in [2.24, 2.45) is 0 Å². The lowest BCUT2D eigenvalue weighted by Crippen LogP contribution is -2.33. The third kappa shape index (κ3) is 2.50. The van der Waals surface area contributed by atoms with Crippen molar-refractivity contribution in [1.82, 2.24) is 5.32 Å². The Labute approximate surface area is 114 Å². The summed E-state index contributed by atoms with van der Waals surface area (Å²) in [7, 11) is 3.36. The molecule has 4 nitrogen and oxygen atoms in total. The molecular formula is C15H21NO3. The predicted octanol–water partition coefficient (Wildman–Crippen LogP) is 2.67. The third-order valence-corrected chi connectivity index (χ3v) is 3.79. The van der Waals surface area contributed by atoms with Gasteiger partial charge in [-0.05, 0) is 19.8 Å². The van der Waals surface area contributed by atoms with E-state index >= 15 is 0 Å². The summed E-state index contributed by atoms with van der Waals surface area (Å²) in [6, 6.07) is 4.86. The van der Waals surface area contributed by atoms with Crippen LogP contribution in [0.5, 0.6) is 17.2 Å². The summed E-state index contributed by atoms with van der Waals surface area (Å²) < 4.78 is 16.8. The van der Waals surface area contributed by atoms with Gasteiger partial charge < -0.3 is 19.5 Å². The van der Waals surface area contributed by atoms with Gasteiger partial charge in [-0.1, -0.05) is 0 Å². The Balaban J connectivity index is 1.99. The molecular weight excluding hydrogens is 242 g/mol. The van der Waals surface area contributed by atoms with Crippen molar-refractivity contribution in [2.75, 3.05) is 14.2 Å². The number of hydrogen-bond acceptors (Lipinski definition) is 4. The predicted molar refractivity (Wildman–Crippen MR) is 73.2 cm³/mol. The van der Waals surface area contributed by atoms with Crippen LogP contribution in [0.2, 0.25) is 0 Å². The number of hydrogen-bond donors (Lipinski definition) is 1. The van der Waals surface area contributed by atoms with Crippen LogP contribution < -0.4 is 19.5 Å². The van der Waals surface area contributed by atoms with Gasteiger partial charge in [0, 0.05) is 30.6 Å². The van der Waals surface area contributed by atoms with Crippen LogP contribution in [0.15, 0.2) is 12.1 Å². The van der Waals surface area contributed by atoms with Crippen LogP contribution in [0.3, 0.4) is 0 Å². The Morgan fingerprint density at radius 3 is 2.63 bits per heavy atom. The SMILES string of the molecule is COc1cc(OC)c2c(c1)OC(C)CC2NC1CC1. The quantitative estimate of drug-likeness (QED) is 0.906. The first-order valence-corrected chi connectivity index (χ1v) is 6.90. The van der Waals surface area contributed by atoms with E-state index in [0.717, 1.165) is 29.2 Å². The largest absolute Gasteiger partial charge is 0.496 e. The lowest BCUT2D eigenvalue weighted by atomic mass is 9.95. The molecule has 1 aromatic carbocycles. The maximum atomic E-state index is 5.95. The van der Waals surface area contributed by atoms with Crippen molar-refractivity contribution in [2.45, 2.75) is 44.4 Å². The smallest absolute Gasteiger partial charge is 0.131 e. The number of benzene rings is 1. The van der Waals surface area contributed by atoms with Crippen LogP contribution in [0.25, 0.3) is 0 Å². The summed E-state index contributed by atoms with van der Waals surface area (Å²) in [6.07, 6.45) is 3.74. The molecule has 2 atom stereocenters. The van der Waals surface area contributed by atoms with Gasteiger partial charge in [0.15, 0.2) is 0 Å². The molecule has 2 unspecified atom stereocenters. The Morgan fingerprint density at radius 2 is 2.00 bits per heavy atom. The van der Waals surface area contributed by atoms with Gasteiger partial charge in [-0.15, -0.1) is 0 Å². The molecule has 0 aromatic heterocycles. The average molecular weight is 263 g/mol. The first-order chi connectivity index (χ1) is 9.21. The lowest BCUT2D eigenvalue weighted by Gasteiger charge is -2.32. The summed E-state index contributed by atoms with van der Waals surface area (Å²) >= 11 is 0. The standard InChI is InChI=1S/C15H21NO3/c1-9-6-12(16-10-4-5-10)15-13(18-3)7-11(17-2)8-14(15)19-9/h7-10,12,16H,4-6H2,1-3H3. The summed E-state index contributed by atoms with van der Waals surface area (Å²) in [5.74, 6) is 2.50. The van der Waals surface area contributed by atoms with Crippen LogP contribution in [0.1, 0.15) is 37.8 Å². The zero-order valence-corrected chi connectivity index (χ0v) is 11.7. The third-order valence-electron chi connectivity index (χ3n) is 3.79. The number of rotatable bonds is 4. The van der Waals surface area contributed by atoms with E-state index in [0.29, 0.717) is 12.1 Å². The molecule has 1 fully saturated rings. The number of fused-ring (bicyclic) bond motifs is 1. The zero-order chi connectivity index (χ0) is 13.4. The molecule has 104 valence electrons. The van der Waals surface area contributed by atoms with E-state index < -0.39 is 0 Å². The van der Waals surface area contributed by atoms with Crippen molar-refractivity contribution in [3.8, 4) is 17.2 Å². The molecule has 0 saturated heterocycles. The molecule has 1 aliphatic heterocycles. The van der Waals surface area contributed by atoms with Gasteiger partial charge in [-0.25, -0.2) is 0 Å². The molecule has 1 aliphatic carbocycles. The highest BCUT2D eigenvalue weighted by molar-refractivity contribution is 5.53. The van der Waals surface area contributed by atoms with Gasteiger partial charge in [0.2, 0.25) is 0 Å². The second kappa shape index (κ2) is 4.93. The van der Waals surface area contributed by atoms with Crippen molar-refractivity contribution in [3.05, 3.63) is 17.7 Å². The van der Waals surface area contributed by atoms with E-state index in [4.69, 9.17) is 14.2 Å². The Kier molecular flexibility index (Phi) is 3.27. The van der Waals surface area contributed by atoms with Gasteiger partial charge in [-0.3, -0.25) is 0 Å². The minimum Gasteiger partial charge on any atom is -0.496 e. The minimum atomic E-state index is 0.209. The van der Waals surface area contributed by atoms with Crippen molar-refractivity contribution >= 4 is 0 Å². The zero-order valence-electron chi connectivity index (χ0n) is 11.7. The average Bonchev–Trinajstić information content (AvgIpc) is 3.20. The highest BCUT2D eigenvalue weighted by atomic mass is 16.5. The molecule has 19 heavy (non-hydrogen) atoms. The maximum Gasteiger partial charge on any atom is 0.131 e. The molecule has 0 amide bonds. The first kappa shape index (κ1) is 12.6. The van der Waals surface area contributed by atoms with Gasteiger partial charge in [0.1, 0.15) is 17.2 Å². The molecule has 1 aromatic rings. The van der Waals surface area contributed by atoms with E-state index in [9.17, 15) is 0 Å². The van der Waals surface area contributed by atoms with Crippen molar-refractivity contribution < 1.29 is 14.2 Å². The fourth-order valence-corrected chi connectivity index (χ4v) is 2.71. The first-order valence-electron chi connectivity index (χ1n) is 6.90. The molecule has 2 aliphatic rings. The molecule has 3 rings (SSSR count). The molecule has 0 radical (unpaired) electrons. The van der Waals surface area contributed by atoms with Gasteiger partial charge >= 0.3 is 0 Å². The van der Waals surface area contributed by atoms with E-state index in [1.165, 1.54) is 12.8 Å². The maximum absolute atomic E-state index is 5.95. The molecule has 0 spiro atoms. The summed E-state index contributed by atoms with van der Waals surface area (Å²) in [4.78, 5) is 0. The summed E-state index contributed by atoms with van der Waals surface area (Å²) in [5.41, 5.74) is 1.13. The van der Waals surface area contributed by atoms with Crippen molar-refractivity contribution in [1.29, 1.82) is 0 Å². The molecule has 0 bridgehead atoms. The van der Waals surface area contributed by atoms with Crippen LogP contribution in [-0.2, 0) is 0 Å². The molecule has 1 heterocycles. The van der Waals surface area contributed by atoms with E-state index in [1.54, 1.807) is 14.2 Å². The second-order valence-corrected chi connectivity index (χ2v) is 5.40. The normalized spacial score (nSPS) is 25.4. The lowest BCUT2D eigenvalue weighted by molar-refractivity contribution is 0.162.